The van der Waals surface area contributed by atoms with Crippen molar-refractivity contribution in [1.82, 2.24) is 14.5 Å². The first-order valence-corrected chi connectivity index (χ1v) is 6.85. The second-order valence-corrected chi connectivity index (χ2v) is 5.41. The number of benzene rings is 1. The van der Waals surface area contributed by atoms with Crippen molar-refractivity contribution >= 4 is 22.6 Å². The van der Waals surface area contributed by atoms with Crippen molar-refractivity contribution in [2.24, 2.45) is 0 Å². The molecule has 0 amide bonds. The molecule has 0 aliphatic carbocycles. The number of nitrogens with zero attached hydrogens (tertiary/aromatic N) is 3. The summed E-state index contributed by atoms with van der Waals surface area (Å²) in [6.07, 6.45) is 0.723. The number of aliphatic hydroxyl groups excluding tert-OH is 1. The smallest absolute Gasteiger partial charge is 0.126 e. The summed E-state index contributed by atoms with van der Waals surface area (Å²) in [6, 6.07) is 5.97. The molecule has 0 saturated heterocycles. The second kappa shape index (κ2) is 5.90. The number of hydrogen-bond donors (Lipinski definition) is 1. The molecule has 0 fully saturated rings. The molecular formula is C14H20ClN3O. The van der Waals surface area contributed by atoms with Crippen LogP contribution in [0.2, 0.25) is 5.02 Å². The van der Waals surface area contributed by atoms with Gasteiger partial charge in [0.2, 0.25) is 0 Å². The number of hydrogen-bond acceptors (Lipinski definition) is 3. The molecule has 2 aromatic rings. The molecule has 104 valence electrons. The van der Waals surface area contributed by atoms with E-state index in [-0.39, 0.29) is 12.6 Å². The van der Waals surface area contributed by atoms with E-state index >= 15 is 0 Å². The van der Waals surface area contributed by atoms with Crippen LogP contribution in [0.25, 0.3) is 11.0 Å². The molecule has 0 aliphatic rings. The largest absolute Gasteiger partial charge is 0.396 e. The average molecular weight is 282 g/mol. The Morgan fingerprint density at radius 2 is 2.16 bits per heavy atom. The zero-order valence-electron chi connectivity index (χ0n) is 11.6. The number of halogens is 1. The summed E-state index contributed by atoms with van der Waals surface area (Å²) < 4.78 is 2.17. The Kier molecular flexibility index (Phi) is 4.45. The van der Waals surface area contributed by atoms with Gasteiger partial charge in [-0.1, -0.05) is 11.6 Å². The van der Waals surface area contributed by atoms with Crippen molar-refractivity contribution in [3.63, 3.8) is 0 Å². The topological polar surface area (TPSA) is 41.3 Å². The van der Waals surface area contributed by atoms with Gasteiger partial charge in [-0.05, 0) is 45.6 Å². The van der Waals surface area contributed by atoms with Gasteiger partial charge in [-0.25, -0.2) is 4.98 Å². The van der Waals surface area contributed by atoms with Gasteiger partial charge in [0.1, 0.15) is 5.82 Å². The fourth-order valence-electron chi connectivity index (χ4n) is 2.14. The van der Waals surface area contributed by atoms with Crippen LogP contribution in [0.15, 0.2) is 18.2 Å². The molecule has 0 aliphatic heterocycles. The Bertz CT molecular complexity index is 565. The molecule has 1 N–H and O–H groups in total. The molecule has 1 atom stereocenters. The highest BCUT2D eigenvalue weighted by Gasteiger charge is 2.18. The van der Waals surface area contributed by atoms with Gasteiger partial charge in [0.15, 0.2) is 0 Å². The maximum Gasteiger partial charge on any atom is 0.126 e. The Balaban J connectivity index is 2.53. The summed E-state index contributed by atoms with van der Waals surface area (Å²) in [6.45, 7) is 3.07. The molecule has 2 rings (SSSR count). The van der Waals surface area contributed by atoms with E-state index in [0.29, 0.717) is 5.02 Å². The third kappa shape index (κ3) is 2.91. The molecule has 0 bridgehead atoms. The third-order valence-corrected chi connectivity index (χ3v) is 3.66. The molecule has 1 aromatic carbocycles. The first-order valence-electron chi connectivity index (χ1n) is 6.47. The van der Waals surface area contributed by atoms with Crippen molar-refractivity contribution in [2.45, 2.75) is 25.9 Å². The molecule has 0 spiro atoms. The highest BCUT2D eigenvalue weighted by atomic mass is 35.5. The minimum absolute atomic E-state index is 0.184. The normalized spacial score (nSPS) is 13.4. The van der Waals surface area contributed by atoms with E-state index in [4.69, 9.17) is 21.7 Å². The van der Waals surface area contributed by atoms with Crippen LogP contribution in [-0.2, 0) is 6.54 Å². The lowest BCUT2D eigenvalue weighted by Gasteiger charge is -2.20. The predicted molar refractivity (Wildman–Crippen MR) is 78.5 cm³/mol. The lowest BCUT2D eigenvalue weighted by Crippen LogP contribution is -2.21. The van der Waals surface area contributed by atoms with Crippen molar-refractivity contribution in [3.05, 3.63) is 29.0 Å². The van der Waals surface area contributed by atoms with Crippen molar-refractivity contribution in [3.8, 4) is 0 Å². The van der Waals surface area contributed by atoms with Crippen molar-refractivity contribution < 1.29 is 5.11 Å². The number of fused-ring (bicyclic) bond motifs is 1. The average Bonchev–Trinajstić information content (AvgIpc) is 2.72. The van der Waals surface area contributed by atoms with Gasteiger partial charge in [0.25, 0.3) is 0 Å². The van der Waals surface area contributed by atoms with Gasteiger partial charge in [-0.3, -0.25) is 4.90 Å². The molecule has 1 heterocycles. The van der Waals surface area contributed by atoms with Crippen LogP contribution in [0.5, 0.6) is 0 Å². The van der Waals surface area contributed by atoms with Crippen molar-refractivity contribution in [2.75, 3.05) is 20.7 Å². The summed E-state index contributed by atoms with van der Waals surface area (Å²) in [5.41, 5.74) is 1.98. The summed E-state index contributed by atoms with van der Waals surface area (Å²) in [5.74, 6) is 1.01. The minimum atomic E-state index is 0.184. The highest BCUT2D eigenvalue weighted by molar-refractivity contribution is 6.31. The maximum atomic E-state index is 9.05. The number of rotatable bonds is 5. The van der Waals surface area contributed by atoms with Crippen LogP contribution in [0.3, 0.4) is 0 Å². The quantitative estimate of drug-likeness (QED) is 0.916. The van der Waals surface area contributed by atoms with E-state index in [1.165, 1.54) is 0 Å². The van der Waals surface area contributed by atoms with E-state index in [2.05, 4.69) is 16.4 Å². The van der Waals surface area contributed by atoms with Gasteiger partial charge >= 0.3 is 0 Å². The van der Waals surface area contributed by atoms with Gasteiger partial charge in [0.05, 0.1) is 17.1 Å². The van der Waals surface area contributed by atoms with E-state index in [9.17, 15) is 0 Å². The number of aliphatic hydroxyl groups is 1. The second-order valence-electron chi connectivity index (χ2n) is 4.97. The zero-order chi connectivity index (χ0) is 14.0. The first-order chi connectivity index (χ1) is 9.04. The molecular weight excluding hydrogens is 262 g/mol. The molecule has 5 heteroatoms. The summed E-state index contributed by atoms with van der Waals surface area (Å²) in [5, 5.41) is 9.75. The number of aromatic nitrogens is 2. The van der Waals surface area contributed by atoms with Gasteiger partial charge in [0, 0.05) is 18.2 Å². The highest BCUT2D eigenvalue weighted by Crippen LogP contribution is 2.25. The number of aryl methyl sites for hydroxylation is 1. The fourth-order valence-corrected chi connectivity index (χ4v) is 2.30. The third-order valence-electron chi connectivity index (χ3n) is 3.43. The molecule has 1 aromatic heterocycles. The Morgan fingerprint density at radius 3 is 2.79 bits per heavy atom. The van der Waals surface area contributed by atoms with Gasteiger partial charge in [-0.2, -0.15) is 0 Å². The van der Waals surface area contributed by atoms with Crippen LogP contribution in [0.4, 0.5) is 0 Å². The van der Waals surface area contributed by atoms with E-state index in [1.807, 2.05) is 32.3 Å². The molecule has 1 unspecified atom stereocenters. The Hall–Kier alpha value is -1.10. The van der Waals surface area contributed by atoms with Gasteiger partial charge < -0.3 is 9.67 Å². The van der Waals surface area contributed by atoms with Crippen LogP contribution >= 0.6 is 11.6 Å². The minimum Gasteiger partial charge on any atom is -0.396 e. The SMILES string of the molecule is CC(c1nc2cc(Cl)ccc2n1CCCO)N(C)C. The lowest BCUT2D eigenvalue weighted by atomic mass is 10.3. The summed E-state index contributed by atoms with van der Waals surface area (Å²) in [4.78, 5) is 6.83. The van der Waals surface area contributed by atoms with Crippen LogP contribution in [0, 0.1) is 0 Å². The molecule has 0 saturated carbocycles. The van der Waals surface area contributed by atoms with Crippen LogP contribution in [0.1, 0.15) is 25.2 Å². The van der Waals surface area contributed by atoms with Gasteiger partial charge in [-0.15, -0.1) is 0 Å². The monoisotopic (exact) mass is 281 g/mol. The Morgan fingerprint density at radius 1 is 1.42 bits per heavy atom. The molecule has 0 radical (unpaired) electrons. The standard InChI is InChI=1S/C14H20ClN3O/c1-10(17(2)3)14-16-12-9-11(15)5-6-13(12)18(14)7-4-8-19/h5-6,9-10,19H,4,7-8H2,1-3H3. The first kappa shape index (κ1) is 14.3. The summed E-state index contributed by atoms with van der Waals surface area (Å²) >= 11 is 6.03. The van der Waals surface area contributed by atoms with Crippen LogP contribution < -0.4 is 0 Å². The van der Waals surface area contributed by atoms with E-state index in [0.717, 1.165) is 29.8 Å². The van der Waals surface area contributed by atoms with Crippen molar-refractivity contribution in [1.29, 1.82) is 0 Å². The lowest BCUT2D eigenvalue weighted by molar-refractivity contribution is 0.272. The Labute approximate surface area is 118 Å². The summed E-state index contributed by atoms with van der Waals surface area (Å²) in [7, 11) is 4.07. The van der Waals surface area contributed by atoms with E-state index in [1.54, 1.807) is 0 Å². The zero-order valence-corrected chi connectivity index (χ0v) is 12.4. The van der Waals surface area contributed by atoms with E-state index < -0.39 is 0 Å². The predicted octanol–water partition coefficient (Wildman–Crippen LogP) is 2.69. The maximum absolute atomic E-state index is 9.05. The molecule has 4 nitrogen and oxygen atoms in total. The molecule has 19 heavy (non-hydrogen) atoms. The van der Waals surface area contributed by atoms with Crippen LogP contribution in [-0.4, -0.2) is 40.3 Å². The number of imidazole rings is 1. The fraction of sp³-hybridized carbons (Fsp3) is 0.500.